The Morgan fingerprint density at radius 2 is 2.05 bits per heavy atom. The monoisotopic (exact) mass is 263 g/mol. The molecule has 0 radical (unpaired) electrons. The van der Waals surface area contributed by atoms with Gasteiger partial charge in [0, 0.05) is 24.4 Å². The number of nitrogens with two attached hydrogens (primary N) is 1. The van der Waals surface area contributed by atoms with Crippen LogP contribution in [0.1, 0.15) is 31.2 Å². The second kappa shape index (κ2) is 5.88. The number of hydrogen-bond donors (Lipinski definition) is 1. The van der Waals surface area contributed by atoms with E-state index in [0.717, 1.165) is 43.3 Å². The molecule has 1 aromatic heterocycles. The third kappa shape index (κ3) is 3.67. The van der Waals surface area contributed by atoms with Gasteiger partial charge in [-0.05, 0) is 44.8 Å². The fraction of sp³-hybridized carbons (Fsp3) is 0.667. The van der Waals surface area contributed by atoms with Gasteiger partial charge in [0.05, 0.1) is 12.8 Å². The van der Waals surface area contributed by atoms with Gasteiger partial charge in [-0.25, -0.2) is 0 Å². The molecule has 1 aromatic rings. The van der Waals surface area contributed by atoms with Crippen molar-refractivity contribution in [2.75, 3.05) is 26.7 Å². The lowest BCUT2D eigenvalue weighted by atomic mass is 9.80. The van der Waals surface area contributed by atoms with E-state index < -0.39 is 0 Å². The Hall–Kier alpha value is -1.13. The van der Waals surface area contributed by atoms with Crippen LogP contribution in [-0.2, 0) is 6.54 Å². The molecular weight excluding hydrogens is 238 g/mol. The number of piperidine rings is 1. The van der Waals surface area contributed by atoms with Gasteiger partial charge in [0.15, 0.2) is 0 Å². The normalized spacial score (nSPS) is 19.4. The first-order valence-electron chi connectivity index (χ1n) is 6.99. The molecule has 0 saturated carbocycles. The maximum Gasteiger partial charge on any atom is 0.122 e. The third-order valence-electron chi connectivity index (χ3n) is 4.16. The van der Waals surface area contributed by atoms with Crippen LogP contribution in [0.2, 0.25) is 0 Å². The molecule has 1 fully saturated rings. The SMILES string of the molecule is COc1cc(C)nc(CN2CCC(C)(CN)CC2)c1. The van der Waals surface area contributed by atoms with Crippen molar-refractivity contribution in [3.05, 3.63) is 23.5 Å². The molecule has 2 rings (SSSR count). The zero-order valence-corrected chi connectivity index (χ0v) is 12.3. The average molecular weight is 263 g/mol. The predicted octanol–water partition coefficient (Wildman–Crippen LogP) is 1.96. The fourth-order valence-electron chi connectivity index (χ4n) is 2.59. The lowest BCUT2D eigenvalue weighted by Crippen LogP contribution is -2.41. The standard InChI is InChI=1S/C15H25N3O/c1-12-8-14(19-3)9-13(17-12)10-18-6-4-15(2,11-16)5-7-18/h8-9H,4-7,10-11,16H2,1-3H3. The minimum absolute atomic E-state index is 0.328. The highest BCUT2D eigenvalue weighted by atomic mass is 16.5. The van der Waals surface area contributed by atoms with Gasteiger partial charge in [0.2, 0.25) is 0 Å². The van der Waals surface area contributed by atoms with Crippen molar-refractivity contribution in [2.24, 2.45) is 11.1 Å². The van der Waals surface area contributed by atoms with Gasteiger partial charge in [-0.3, -0.25) is 9.88 Å². The summed E-state index contributed by atoms with van der Waals surface area (Å²) in [6.07, 6.45) is 2.35. The maximum atomic E-state index is 5.85. The molecule has 4 nitrogen and oxygen atoms in total. The van der Waals surface area contributed by atoms with Gasteiger partial charge in [0.25, 0.3) is 0 Å². The van der Waals surface area contributed by atoms with Crippen molar-refractivity contribution in [1.29, 1.82) is 0 Å². The molecule has 0 unspecified atom stereocenters. The molecule has 0 aromatic carbocycles. The highest BCUT2D eigenvalue weighted by Gasteiger charge is 2.28. The highest BCUT2D eigenvalue weighted by molar-refractivity contribution is 5.26. The number of methoxy groups -OCH3 is 1. The van der Waals surface area contributed by atoms with Crippen LogP contribution in [0.5, 0.6) is 5.75 Å². The number of rotatable bonds is 4. The summed E-state index contributed by atoms with van der Waals surface area (Å²) in [4.78, 5) is 7.04. The largest absolute Gasteiger partial charge is 0.497 e. The van der Waals surface area contributed by atoms with Gasteiger partial charge in [0.1, 0.15) is 5.75 Å². The molecule has 0 atom stereocenters. The molecule has 19 heavy (non-hydrogen) atoms. The number of likely N-dealkylation sites (tertiary alicyclic amines) is 1. The predicted molar refractivity (Wildman–Crippen MR) is 77.2 cm³/mol. The van der Waals surface area contributed by atoms with Crippen molar-refractivity contribution in [3.8, 4) is 5.75 Å². The second-order valence-electron chi connectivity index (χ2n) is 5.93. The molecular formula is C15H25N3O. The maximum absolute atomic E-state index is 5.85. The number of hydrogen-bond acceptors (Lipinski definition) is 4. The molecule has 0 spiro atoms. The smallest absolute Gasteiger partial charge is 0.122 e. The van der Waals surface area contributed by atoms with Crippen LogP contribution in [0.3, 0.4) is 0 Å². The molecule has 0 aliphatic carbocycles. The zero-order valence-electron chi connectivity index (χ0n) is 12.3. The van der Waals surface area contributed by atoms with Gasteiger partial charge in [-0.1, -0.05) is 6.92 Å². The second-order valence-corrected chi connectivity index (χ2v) is 5.93. The zero-order chi connectivity index (χ0) is 13.9. The first kappa shape index (κ1) is 14.3. The molecule has 106 valence electrons. The summed E-state index contributed by atoms with van der Waals surface area (Å²) in [6, 6.07) is 3.99. The summed E-state index contributed by atoms with van der Waals surface area (Å²) < 4.78 is 5.30. The Labute approximate surface area is 116 Å². The Morgan fingerprint density at radius 3 is 2.63 bits per heavy atom. The van der Waals surface area contributed by atoms with Crippen molar-refractivity contribution < 1.29 is 4.74 Å². The minimum atomic E-state index is 0.328. The van der Waals surface area contributed by atoms with E-state index in [-0.39, 0.29) is 0 Å². The summed E-state index contributed by atoms with van der Waals surface area (Å²) in [6.45, 7) is 8.19. The molecule has 2 N–H and O–H groups in total. The van der Waals surface area contributed by atoms with Crippen LogP contribution in [-0.4, -0.2) is 36.6 Å². The topological polar surface area (TPSA) is 51.4 Å². The number of nitrogens with zero attached hydrogens (tertiary/aromatic N) is 2. The van der Waals surface area contributed by atoms with Gasteiger partial charge in [-0.15, -0.1) is 0 Å². The Bertz CT molecular complexity index is 425. The van der Waals surface area contributed by atoms with E-state index in [1.54, 1.807) is 7.11 Å². The van der Waals surface area contributed by atoms with Crippen LogP contribution < -0.4 is 10.5 Å². The van der Waals surface area contributed by atoms with E-state index in [2.05, 4.69) is 16.8 Å². The van der Waals surface area contributed by atoms with Crippen LogP contribution >= 0.6 is 0 Å². The molecule has 0 bridgehead atoms. The van der Waals surface area contributed by atoms with E-state index in [1.165, 1.54) is 12.8 Å². The first-order valence-corrected chi connectivity index (χ1v) is 6.99. The van der Waals surface area contributed by atoms with Crippen molar-refractivity contribution >= 4 is 0 Å². The van der Waals surface area contributed by atoms with Crippen LogP contribution in [0.4, 0.5) is 0 Å². The molecule has 1 saturated heterocycles. The molecule has 0 amide bonds. The number of aromatic nitrogens is 1. The van der Waals surface area contributed by atoms with Crippen molar-refractivity contribution in [1.82, 2.24) is 9.88 Å². The third-order valence-corrected chi connectivity index (χ3v) is 4.16. The Balaban J connectivity index is 1.97. The first-order chi connectivity index (χ1) is 9.04. The Kier molecular flexibility index (Phi) is 4.42. The number of ether oxygens (including phenoxy) is 1. The van der Waals surface area contributed by atoms with Crippen molar-refractivity contribution in [3.63, 3.8) is 0 Å². The number of pyridine rings is 1. The number of aryl methyl sites for hydroxylation is 1. The summed E-state index contributed by atoms with van der Waals surface area (Å²) >= 11 is 0. The lowest BCUT2D eigenvalue weighted by molar-refractivity contribution is 0.118. The summed E-state index contributed by atoms with van der Waals surface area (Å²) in [5.41, 5.74) is 8.28. The summed E-state index contributed by atoms with van der Waals surface area (Å²) in [5.74, 6) is 0.895. The van der Waals surface area contributed by atoms with E-state index in [0.29, 0.717) is 5.41 Å². The van der Waals surface area contributed by atoms with Crippen LogP contribution in [0.25, 0.3) is 0 Å². The van der Waals surface area contributed by atoms with Crippen LogP contribution in [0.15, 0.2) is 12.1 Å². The lowest BCUT2D eigenvalue weighted by Gasteiger charge is -2.38. The molecule has 2 heterocycles. The molecule has 1 aliphatic rings. The van der Waals surface area contributed by atoms with Gasteiger partial charge < -0.3 is 10.5 Å². The van der Waals surface area contributed by atoms with E-state index in [1.807, 2.05) is 19.1 Å². The summed E-state index contributed by atoms with van der Waals surface area (Å²) in [5, 5.41) is 0. The Morgan fingerprint density at radius 1 is 1.37 bits per heavy atom. The fourth-order valence-corrected chi connectivity index (χ4v) is 2.59. The van der Waals surface area contributed by atoms with E-state index in [9.17, 15) is 0 Å². The van der Waals surface area contributed by atoms with Gasteiger partial charge >= 0.3 is 0 Å². The highest BCUT2D eigenvalue weighted by Crippen LogP contribution is 2.30. The molecule has 4 heteroatoms. The van der Waals surface area contributed by atoms with Gasteiger partial charge in [-0.2, -0.15) is 0 Å². The van der Waals surface area contributed by atoms with Crippen LogP contribution in [0, 0.1) is 12.3 Å². The van der Waals surface area contributed by atoms with Crippen molar-refractivity contribution in [2.45, 2.75) is 33.2 Å². The average Bonchev–Trinajstić information content (AvgIpc) is 2.41. The molecule has 1 aliphatic heterocycles. The van der Waals surface area contributed by atoms with E-state index in [4.69, 9.17) is 10.5 Å². The van der Waals surface area contributed by atoms with E-state index >= 15 is 0 Å². The summed E-state index contributed by atoms with van der Waals surface area (Å²) in [7, 11) is 1.70. The quantitative estimate of drug-likeness (QED) is 0.902. The minimum Gasteiger partial charge on any atom is -0.497 e.